The topological polar surface area (TPSA) is 52.4 Å². The molecule has 98 valence electrons. The van der Waals surface area contributed by atoms with Gasteiger partial charge in [-0.3, -0.25) is 10.1 Å². The number of hydrogen-bond donors (Lipinski definition) is 0. The fourth-order valence-corrected chi connectivity index (χ4v) is 2.12. The Balaban J connectivity index is 2.15. The van der Waals surface area contributed by atoms with Crippen LogP contribution >= 0.6 is 0 Å². The summed E-state index contributed by atoms with van der Waals surface area (Å²) in [7, 11) is 0. The maximum Gasteiger partial charge on any atom is 0.275 e. The van der Waals surface area contributed by atoms with Gasteiger partial charge in [-0.2, -0.15) is 0 Å². The predicted octanol–water partition coefficient (Wildman–Crippen LogP) is 3.79. The van der Waals surface area contributed by atoms with Crippen LogP contribution in [0.3, 0.4) is 0 Å². The van der Waals surface area contributed by atoms with E-state index in [9.17, 15) is 10.1 Å². The summed E-state index contributed by atoms with van der Waals surface area (Å²) in [6.45, 7) is 3.14. The van der Waals surface area contributed by atoms with E-state index >= 15 is 0 Å². The Bertz CT molecular complexity index is 427. The van der Waals surface area contributed by atoms with Crippen LogP contribution in [0.15, 0.2) is 18.2 Å². The van der Waals surface area contributed by atoms with Gasteiger partial charge in [0.1, 0.15) is 0 Å². The summed E-state index contributed by atoms with van der Waals surface area (Å²) in [6.07, 6.45) is 4.36. The first-order valence-electron chi connectivity index (χ1n) is 6.58. The first-order chi connectivity index (χ1) is 8.74. The molecule has 0 aromatic heterocycles. The molecule has 0 saturated heterocycles. The first kappa shape index (κ1) is 13.0. The maximum atomic E-state index is 11.1. The zero-order valence-electron chi connectivity index (χ0n) is 10.7. The lowest BCUT2D eigenvalue weighted by atomic mass is 10.0. The Hall–Kier alpha value is -1.42. The quantitative estimate of drug-likeness (QED) is 0.419. The van der Waals surface area contributed by atoms with Crippen molar-refractivity contribution in [1.82, 2.24) is 0 Å². The molecule has 0 unspecified atom stereocenters. The molecule has 1 aromatic carbocycles. The summed E-state index contributed by atoms with van der Waals surface area (Å²) < 4.78 is 5.57. The number of ether oxygens (including phenoxy) is 1. The third-order valence-electron chi connectivity index (χ3n) is 3.29. The minimum atomic E-state index is -0.301. The van der Waals surface area contributed by atoms with E-state index in [0.29, 0.717) is 19.1 Å². The van der Waals surface area contributed by atoms with Crippen molar-refractivity contribution in [2.45, 2.75) is 45.1 Å². The van der Waals surface area contributed by atoms with Crippen molar-refractivity contribution < 1.29 is 9.66 Å². The summed E-state index contributed by atoms with van der Waals surface area (Å²) in [5.74, 6) is 0.509. The van der Waals surface area contributed by atoms with Crippen LogP contribution in [0.25, 0.3) is 0 Å². The van der Waals surface area contributed by atoms with Gasteiger partial charge in [-0.1, -0.05) is 25.5 Å². The summed E-state index contributed by atoms with van der Waals surface area (Å²) in [6, 6.07) is 5.36. The zero-order valence-corrected chi connectivity index (χ0v) is 10.7. The second kappa shape index (κ2) is 5.96. The van der Waals surface area contributed by atoms with E-state index in [0.717, 1.165) is 36.8 Å². The van der Waals surface area contributed by atoms with Gasteiger partial charge in [-0.05, 0) is 30.7 Å². The summed E-state index contributed by atoms with van der Waals surface area (Å²) in [5, 5.41) is 11.1. The molecule has 0 radical (unpaired) electrons. The molecule has 1 saturated carbocycles. The number of unbranched alkanes of at least 4 members (excludes halogenated alkanes) is 1. The van der Waals surface area contributed by atoms with Gasteiger partial charge in [0.2, 0.25) is 0 Å². The second-order valence-corrected chi connectivity index (χ2v) is 4.78. The predicted molar refractivity (Wildman–Crippen MR) is 69.6 cm³/mol. The van der Waals surface area contributed by atoms with Crippen LogP contribution in [0.4, 0.5) is 5.69 Å². The van der Waals surface area contributed by atoms with E-state index in [1.165, 1.54) is 0 Å². The van der Waals surface area contributed by atoms with Crippen LogP contribution in [0, 0.1) is 10.1 Å². The molecule has 0 bridgehead atoms. The molecule has 0 aliphatic heterocycles. The number of benzene rings is 1. The third-order valence-corrected chi connectivity index (χ3v) is 3.29. The highest BCUT2D eigenvalue weighted by Gasteiger charge is 2.29. The molecule has 2 rings (SSSR count). The Morgan fingerprint density at radius 3 is 2.83 bits per heavy atom. The highest BCUT2D eigenvalue weighted by molar-refractivity contribution is 5.47. The normalized spacial score (nSPS) is 14.7. The Morgan fingerprint density at radius 1 is 1.44 bits per heavy atom. The largest absolute Gasteiger partial charge is 0.376 e. The lowest BCUT2D eigenvalue weighted by molar-refractivity contribution is -0.386. The fraction of sp³-hybridized carbons (Fsp3) is 0.571. The molecule has 18 heavy (non-hydrogen) atoms. The molecule has 0 N–H and O–H groups in total. The molecule has 1 aromatic rings. The Kier molecular flexibility index (Phi) is 4.31. The fourth-order valence-electron chi connectivity index (χ4n) is 2.12. The van der Waals surface area contributed by atoms with Crippen LogP contribution in [0.2, 0.25) is 0 Å². The average molecular weight is 249 g/mol. The molecule has 1 aliphatic rings. The van der Waals surface area contributed by atoms with Crippen molar-refractivity contribution >= 4 is 5.69 Å². The molecule has 1 fully saturated rings. The van der Waals surface area contributed by atoms with Gasteiger partial charge in [-0.25, -0.2) is 0 Å². The molecule has 0 spiro atoms. The highest BCUT2D eigenvalue weighted by atomic mass is 16.6. The monoisotopic (exact) mass is 249 g/mol. The number of nitrogens with zero attached hydrogens (tertiary/aromatic N) is 1. The van der Waals surface area contributed by atoms with Crippen molar-refractivity contribution in [2.24, 2.45) is 0 Å². The zero-order chi connectivity index (χ0) is 13.0. The van der Waals surface area contributed by atoms with Crippen LogP contribution in [0.1, 0.15) is 49.7 Å². The summed E-state index contributed by atoms with van der Waals surface area (Å²) >= 11 is 0. The van der Waals surface area contributed by atoms with Crippen molar-refractivity contribution in [1.29, 1.82) is 0 Å². The van der Waals surface area contributed by atoms with E-state index in [4.69, 9.17) is 4.74 Å². The van der Waals surface area contributed by atoms with Crippen molar-refractivity contribution in [3.05, 3.63) is 39.4 Å². The van der Waals surface area contributed by atoms with Gasteiger partial charge in [0.15, 0.2) is 0 Å². The number of hydrogen-bond acceptors (Lipinski definition) is 3. The highest BCUT2D eigenvalue weighted by Crippen LogP contribution is 2.43. The van der Waals surface area contributed by atoms with Gasteiger partial charge in [0, 0.05) is 12.7 Å². The standard InChI is InChI=1S/C14H19NO3/c1-2-3-9-18-10-13-12(11-7-8-11)5-4-6-14(13)15(16)17/h4-6,11H,2-3,7-10H2,1H3. The maximum absolute atomic E-state index is 11.1. The lowest BCUT2D eigenvalue weighted by Gasteiger charge is -2.10. The molecular formula is C14H19NO3. The second-order valence-electron chi connectivity index (χ2n) is 4.78. The number of nitro groups is 1. The lowest BCUT2D eigenvalue weighted by Crippen LogP contribution is -2.03. The smallest absolute Gasteiger partial charge is 0.275 e. The van der Waals surface area contributed by atoms with Crippen LogP contribution < -0.4 is 0 Å². The van der Waals surface area contributed by atoms with Gasteiger partial charge >= 0.3 is 0 Å². The molecule has 4 heteroatoms. The van der Waals surface area contributed by atoms with Crippen LogP contribution in [-0.4, -0.2) is 11.5 Å². The SMILES string of the molecule is CCCCOCc1c(C2CC2)cccc1[N+](=O)[O-]. The van der Waals surface area contributed by atoms with Crippen molar-refractivity contribution in [3.8, 4) is 0 Å². The van der Waals surface area contributed by atoms with Gasteiger partial charge in [0.05, 0.1) is 17.1 Å². The third kappa shape index (κ3) is 3.07. The molecule has 0 amide bonds. The molecular weight excluding hydrogens is 230 g/mol. The first-order valence-corrected chi connectivity index (χ1v) is 6.58. The van der Waals surface area contributed by atoms with Gasteiger partial charge in [0.25, 0.3) is 5.69 Å². The Labute approximate surface area is 107 Å². The Morgan fingerprint density at radius 2 is 2.22 bits per heavy atom. The minimum absolute atomic E-state index is 0.205. The van der Waals surface area contributed by atoms with E-state index < -0.39 is 0 Å². The summed E-state index contributed by atoms with van der Waals surface area (Å²) in [4.78, 5) is 10.8. The van der Waals surface area contributed by atoms with Crippen LogP contribution in [-0.2, 0) is 11.3 Å². The van der Waals surface area contributed by atoms with Gasteiger partial charge < -0.3 is 4.74 Å². The summed E-state index contributed by atoms with van der Waals surface area (Å²) in [5.41, 5.74) is 2.10. The molecule has 4 nitrogen and oxygen atoms in total. The molecule has 0 heterocycles. The number of rotatable bonds is 7. The van der Waals surface area contributed by atoms with E-state index in [-0.39, 0.29) is 10.6 Å². The van der Waals surface area contributed by atoms with E-state index in [1.807, 2.05) is 6.07 Å². The molecule has 0 atom stereocenters. The average Bonchev–Trinajstić information content (AvgIpc) is 3.18. The molecule has 1 aliphatic carbocycles. The van der Waals surface area contributed by atoms with E-state index in [2.05, 4.69) is 6.92 Å². The van der Waals surface area contributed by atoms with Gasteiger partial charge in [-0.15, -0.1) is 0 Å². The van der Waals surface area contributed by atoms with Crippen molar-refractivity contribution in [3.63, 3.8) is 0 Å². The number of nitro benzene ring substituents is 1. The minimum Gasteiger partial charge on any atom is -0.376 e. The van der Waals surface area contributed by atoms with E-state index in [1.54, 1.807) is 12.1 Å². The van der Waals surface area contributed by atoms with Crippen LogP contribution in [0.5, 0.6) is 0 Å². The van der Waals surface area contributed by atoms with Crippen molar-refractivity contribution in [2.75, 3.05) is 6.61 Å².